The second-order valence-corrected chi connectivity index (χ2v) is 7.83. The number of halogens is 1. The van der Waals surface area contributed by atoms with Crippen LogP contribution in [0, 0.1) is 16.7 Å². The number of hydrogen-bond donors (Lipinski definition) is 0. The van der Waals surface area contributed by atoms with Gasteiger partial charge in [0.2, 0.25) is 0 Å². The van der Waals surface area contributed by atoms with Crippen LogP contribution in [0.4, 0.5) is 0 Å². The molecule has 3 nitrogen and oxygen atoms in total. The van der Waals surface area contributed by atoms with Crippen molar-refractivity contribution in [3.05, 3.63) is 34.3 Å². The van der Waals surface area contributed by atoms with Crippen molar-refractivity contribution < 1.29 is 9.63 Å². The summed E-state index contributed by atoms with van der Waals surface area (Å²) in [5, 5.41) is 4.23. The van der Waals surface area contributed by atoms with Gasteiger partial charge in [0.15, 0.2) is 0 Å². The van der Waals surface area contributed by atoms with Crippen molar-refractivity contribution in [2.24, 2.45) is 21.9 Å². The van der Waals surface area contributed by atoms with Crippen LogP contribution in [0.15, 0.2) is 33.9 Å². The second kappa shape index (κ2) is 4.94. The number of rotatable bonds is 2. The highest BCUT2D eigenvalue weighted by atomic mass is 79.9. The van der Waals surface area contributed by atoms with Gasteiger partial charge in [-0.3, -0.25) is 0 Å². The third-order valence-corrected chi connectivity index (χ3v) is 6.36. The standard InChI is InChI=1S/C17H20BrNO2/c1-16(2)12-8-9-17(16,3)14(10-12)19-21-15(20)11-4-6-13(18)7-5-11/h4-7,12H,8-10H2,1-3H3. The van der Waals surface area contributed by atoms with Gasteiger partial charge in [-0.15, -0.1) is 0 Å². The summed E-state index contributed by atoms with van der Waals surface area (Å²) in [5.41, 5.74) is 1.89. The minimum atomic E-state index is -0.390. The van der Waals surface area contributed by atoms with E-state index in [1.807, 2.05) is 12.1 Å². The molecule has 2 aliphatic rings. The molecule has 2 unspecified atom stereocenters. The van der Waals surface area contributed by atoms with Crippen LogP contribution in [0.25, 0.3) is 0 Å². The largest absolute Gasteiger partial charge is 0.365 e. The summed E-state index contributed by atoms with van der Waals surface area (Å²) < 4.78 is 0.938. The summed E-state index contributed by atoms with van der Waals surface area (Å²) in [5.74, 6) is 0.270. The molecule has 4 heteroatoms. The first-order valence-electron chi connectivity index (χ1n) is 7.39. The van der Waals surface area contributed by atoms with E-state index in [9.17, 15) is 4.79 Å². The molecule has 112 valence electrons. The summed E-state index contributed by atoms with van der Waals surface area (Å²) in [6.45, 7) is 6.87. The Morgan fingerprint density at radius 3 is 2.48 bits per heavy atom. The minimum absolute atomic E-state index is 0.0671. The summed E-state index contributed by atoms with van der Waals surface area (Å²) >= 11 is 3.35. The lowest BCUT2D eigenvalue weighted by molar-refractivity contribution is 0.0508. The van der Waals surface area contributed by atoms with Gasteiger partial charge in [-0.2, -0.15) is 0 Å². The molecular formula is C17H20BrNO2. The molecular weight excluding hydrogens is 330 g/mol. The summed E-state index contributed by atoms with van der Waals surface area (Å²) in [7, 11) is 0. The van der Waals surface area contributed by atoms with Gasteiger partial charge in [-0.25, -0.2) is 4.79 Å². The SMILES string of the molecule is CC12CCC(CC1=NOC(=O)c1ccc(Br)cc1)C2(C)C. The molecule has 0 spiro atoms. The Morgan fingerprint density at radius 1 is 1.29 bits per heavy atom. The summed E-state index contributed by atoms with van der Waals surface area (Å²) in [4.78, 5) is 17.2. The van der Waals surface area contributed by atoms with Crippen molar-refractivity contribution in [1.29, 1.82) is 0 Å². The zero-order valence-electron chi connectivity index (χ0n) is 12.6. The first-order chi connectivity index (χ1) is 9.84. The van der Waals surface area contributed by atoms with E-state index in [1.54, 1.807) is 12.1 Å². The molecule has 3 rings (SSSR count). The van der Waals surface area contributed by atoms with Gasteiger partial charge in [-0.1, -0.05) is 41.9 Å². The highest BCUT2D eigenvalue weighted by Crippen LogP contribution is 2.63. The van der Waals surface area contributed by atoms with Crippen LogP contribution >= 0.6 is 15.9 Å². The van der Waals surface area contributed by atoms with Crippen molar-refractivity contribution in [2.75, 3.05) is 0 Å². The zero-order chi connectivity index (χ0) is 15.3. The quantitative estimate of drug-likeness (QED) is 0.567. The highest BCUT2D eigenvalue weighted by Gasteiger charge is 2.60. The summed E-state index contributed by atoms with van der Waals surface area (Å²) in [6.07, 6.45) is 3.35. The van der Waals surface area contributed by atoms with Crippen LogP contribution in [-0.2, 0) is 4.84 Å². The van der Waals surface area contributed by atoms with Gasteiger partial charge in [-0.05, 0) is 54.9 Å². The molecule has 2 saturated carbocycles. The first kappa shape index (κ1) is 14.8. The number of benzene rings is 1. The molecule has 1 aromatic rings. The Balaban J connectivity index is 1.76. The molecule has 0 aliphatic heterocycles. The van der Waals surface area contributed by atoms with Crippen molar-refractivity contribution in [3.8, 4) is 0 Å². The van der Waals surface area contributed by atoms with E-state index in [0.717, 1.165) is 23.0 Å². The molecule has 2 bridgehead atoms. The van der Waals surface area contributed by atoms with Gasteiger partial charge < -0.3 is 4.84 Å². The number of oxime groups is 1. The van der Waals surface area contributed by atoms with Crippen LogP contribution in [0.5, 0.6) is 0 Å². The first-order valence-corrected chi connectivity index (χ1v) is 8.18. The van der Waals surface area contributed by atoms with Crippen LogP contribution in [0.1, 0.15) is 50.4 Å². The van der Waals surface area contributed by atoms with Crippen LogP contribution < -0.4 is 0 Å². The average molecular weight is 350 g/mol. The molecule has 0 amide bonds. The normalized spacial score (nSPS) is 31.6. The average Bonchev–Trinajstić information content (AvgIpc) is 2.78. The molecule has 1 aromatic carbocycles. The molecule has 2 atom stereocenters. The third-order valence-electron chi connectivity index (χ3n) is 5.83. The Morgan fingerprint density at radius 2 is 1.95 bits per heavy atom. The molecule has 2 aliphatic carbocycles. The molecule has 0 aromatic heterocycles. The molecule has 0 heterocycles. The topological polar surface area (TPSA) is 38.7 Å². The number of carbonyl (C=O) groups is 1. The maximum atomic E-state index is 12.0. The van der Waals surface area contributed by atoms with Gasteiger partial charge in [0.1, 0.15) is 0 Å². The lowest BCUT2D eigenvalue weighted by Gasteiger charge is -2.34. The maximum Gasteiger partial charge on any atom is 0.365 e. The molecule has 0 N–H and O–H groups in total. The van der Waals surface area contributed by atoms with Crippen molar-refractivity contribution >= 4 is 27.6 Å². The van der Waals surface area contributed by atoms with Crippen molar-refractivity contribution in [3.63, 3.8) is 0 Å². The fourth-order valence-electron chi connectivity index (χ4n) is 3.80. The van der Waals surface area contributed by atoms with Gasteiger partial charge in [0.25, 0.3) is 0 Å². The monoisotopic (exact) mass is 349 g/mol. The van der Waals surface area contributed by atoms with Crippen molar-refractivity contribution in [1.82, 2.24) is 0 Å². The van der Waals surface area contributed by atoms with E-state index < -0.39 is 0 Å². The smallest absolute Gasteiger partial charge is 0.313 e. The Bertz CT molecular complexity index is 606. The lowest BCUT2D eigenvalue weighted by atomic mass is 9.70. The van der Waals surface area contributed by atoms with Crippen molar-refractivity contribution in [2.45, 2.75) is 40.0 Å². The van der Waals surface area contributed by atoms with Gasteiger partial charge in [0, 0.05) is 9.89 Å². The lowest BCUT2D eigenvalue weighted by Crippen LogP contribution is -2.32. The highest BCUT2D eigenvalue weighted by molar-refractivity contribution is 9.10. The van der Waals surface area contributed by atoms with E-state index >= 15 is 0 Å². The van der Waals surface area contributed by atoms with Crippen LogP contribution in [0.2, 0.25) is 0 Å². The third kappa shape index (κ3) is 2.24. The predicted octanol–water partition coefficient (Wildman–Crippen LogP) is 4.81. The van der Waals surface area contributed by atoms with Gasteiger partial charge >= 0.3 is 5.97 Å². The Kier molecular flexibility index (Phi) is 3.47. The predicted molar refractivity (Wildman–Crippen MR) is 86.2 cm³/mol. The van der Waals surface area contributed by atoms with E-state index in [2.05, 4.69) is 41.9 Å². The number of carbonyl (C=O) groups excluding carboxylic acids is 1. The molecule has 0 saturated heterocycles. The maximum absolute atomic E-state index is 12.0. The number of fused-ring (bicyclic) bond motifs is 2. The fraction of sp³-hybridized carbons (Fsp3) is 0.529. The molecule has 2 fully saturated rings. The Labute approximate surface area is 133 Å². The molecule has 21 heavy (non-hydrogen) atoms. The summed E-state index contributed by atoms with van der Waals surface area (Å²) in [6, 6.07) is 7.12. The van der Waals surface area contributed by atoms with E-state index in [1.165, 1.54) is 6.42 Å². The Hall–Kier alpha value is -1.16. The van der Waals surface area contributed by atoms with E-state index in [0.29, 0.717) is 11.5 Å². The fourth-order valence-corrected chi connectivity index (χ4v) is 4.07. The van der Waals surface area contributed by atoms with Crippen LogP contribution in [0.3, 0.4) is 0 Å². The zero-order valence-corrected chi connectivity index (χ0v) is 14.2. The van der Waals surface area contributed by atoms with Gasteiger partial charge in [0.05, 0.1) is 11.3 Å². The van der Waals surface area contributed by atoms with E-state index in [-0.39, 0.29) is 16.8 Å². The van der Waals surface area contributed by atoms with Crippen LogP contribution in [-0.4, -0.2) is 11.7 Å². The second-order valence-electron chi connectivity index (χ2n) is 6.92. The number of hydrogen-bond acceptors (Lipinski definition) is 3. The molecule has 0 radical (unpaired) electrons. The van der Waals surface area contributed by atoms with E-state index in [4.69, 9.17) is 4.84 Å². The number of nitrogens with zero attached hydrogens (tertiary/aromatic N) is 1. The minimum Gasteiger partial charge on any atom is -0.313 e.